The average molecular weight is 497 g/mol. The average Bonchev–Trinajstić information content (AvgIpc) is 3.30. The van der Waals surface area contributed by atoms with E-state index in [1.54, 1.807) is 10.3 Å². The van der Waals surface area contributed by atoms with E-state index in [1.807, 2.05) is 0 Å². The zero-order chi connectivity index (χ0) is 24.2. The number of amides is 2. The Morgan fingerprint density at radius 3 is 2.82 bits per heavy atom. The van der Waals surface area contributed by atoms with Crippen molar-refractivity contribution >= 4 is 51.8 Å². The maximum absolute atomic E-state index is 12.8. The molecule has 182 valence electrons. The van der Waals surface area contributed by atoms with Crippen LogP contribution in [-0.4, -0.2) is 70.0 Å². The van der Waals surface area contributed by atoms with Crippen molar-refractivity contribution < 1.29 is 14.4 Å². The van der Waals surface area contributed by atoms with E-state index in [4.69, 9.17) is 22.6 Å². The number of amidine groups is 1. The summed E-state index contributed by atoms with van der Waals surface area (Å²) in [6.45, 7) is 0.766. The molecule has 2 atom stereocenters. The molecular weight excluding hydrogens is 464 g/mol. The Hall–Kier alpha value is -2.67. The molecule has 1 aromatic heterocycles. The minimum absolute atomic E-state index is 0.0279. The molecule has 1 aliphatic heterocycles. The van der Waals surface area contributed by atoms with Crippen molar-refractivity contribution in [1.29, 1.82) is 5.41 Å². The van der Waals surface area contributed by atoms with Gasteiger partial charge < -0.3 is 27.4 Å². The fraction of sp³-hybridized carbons (Fsp3) is 0.600. The van der Waals surface area contributed by atoms with Gasteiger partial charge in [-0.05, 0) is 38.5 Å². The lowest BCUT2D eigenvalue weighted by Gasteiger charge is -2.32. The van der Waals surface area contributed by atoms with Gasteiger partial charge in [-0.1, -0.05) is 11.8 Å². The highest BCUT2D eigenvalue weighted by Crippen LogP contribution is 2.23. The van der Waals surface area contributed by atoms with Gasteiger partial charge in [0.25, 0.3) is 0 Å². The number of guanidine groups is 1. The number of Topliss-reactive ketones (excluding diaryl/α,β-unsaturated/α-hetero) is 1. The lowest BCUT2D eigenvalue weighted by Crippen LogP contribution is -2.49. The number of thiazole rings is 1. The minimum atomic E-state index is -0.767. The molecule has 0 saturated carbocycles. The standard InChI is InChI=1S/C20H32N8O3S2/c21-19(22)26-7-1-6-14(16(30)17-25-8-11-32-17)27-15(29)12-28-9-2-4-13(18(28)31)5-3-10-33-20(23)24/h8,11,13-14H,1-7,9-10,12H2,(H3,23,24)(H,27,29)(H4,21,22,26)/t13?,14-/m0/s1. The predicted molar refractivity (Wildman–Crippen MR) is 131 cm³/mol. The van der Waals surface area contributed by atoms with Crippen LogP contribution in [0, 0.1) is 11.3 Å². The Morgan fingerprint density at radius 2 is 2.15 bits per heavy atom. The second kappa shape index (κ2) is 13.8. The van der Waals surface area contributed by atoms with Gasteiger partial charge in [-0.3, -0.25) is 24.8 Å². The summed E-state index contributed by atoms with van der Waals surface area (Å²) in [6, 6.07) is -0.767. The van der Waals surface area contributed by atoms with Crippen molar-refractivity contribution in [2.45, 2.75) is 44.6 Å². The molecule has 0 radical (unpaired) electrons. The first-order chi connectivity index (χ1) is 15.8. The van der Waals surface area contributed by atoms with E-state index in [0.29, 0.717) is 43.1 Å². The second-order valence-electron chi connectivity index (χ2n) is 7.72. The van der Waals surface area contributed by atoms with Gasteiger partial charge >= 0.3 is 0 Å². The number of carbonyl (C=O) groups is 3. The number of ketones is 1. The van der Waals surface area contributed by atoms with E-state index < -0.39 is 6.04 Å². The Labute approximate surface area is 201 Å². The number of thioether (sulfide) groups is 1. The Kier molecular flexibility index (Phi) is 11.1. The molecule has 8 N–H and O–H groups in total. The van der Waals surface area contributed by atoms with Crippen LogP contribution in [0.3, 0.4) is 0 Å². The molecule has 1 fully saturated rings. The summed E-state index contributed by atoms with van der Waals surface area (Å²) >= 11 is 2.48. The molecule has 2 heterocycles. The van der Waals surface area contributed by atoms with Crippen molar-refractivity contribution in [3.05, 3.63) is 16.6 Å². The lowest BCUT2D eigenvalue weighted by atomic mass is 9.92. The number of nitrogens with two attached hydrogens (primary N) is 3. The predicted octanol–water partition coefficient (Wildman–Crippen LogP) is 0.510. The van der Waals surface area contributed by atoms with Gasteiger partial charge in [-0.2, -0.15) is 0 Å². The monoisotopic (exact) mass is 496 g/mol. The van der Waals surface area contributed by atoms with Crippen LogP contribution in [-0.2, 0) is 9.59 Å². The zero-order valence-corrected chi connectivity index (χ0v) is 20.1. The first-order valence-electron chi connectivity index (χ1n) is 10.8. The highest BCUT2D eigenvalue weighted by Gasteiger charge is 2.31. The molecule has 1 unspecified atom stereocenters. The molecule has 11 nitrogen and oxygen atoms in total. The molecular formula is C20H32N8O3S2. The topological polar surface area (TPSA) is 194 Å². The van der Waals surface area contributed by atoms with Crippen LogP contribution in [0.2, 0.25) is 0 Å². The van der Waals surface area contributed by atoms with Crippen LogP contribution in [0.25, 0.3) is 0 Å². The quantitative estimate of drug-likeness (QED) is 0.113. The first kappa shape index (κ1) is 26.6. The molecule has 0 spiro atoms. The van der Waals surface area contributed by atoms with Gasteiger partial charge in [0, 0.05) is 36.3 Å². The number of aliphatic imine (C=N–C) groups is 1. The van der Waals surface area contributed by atoms with Crippen LogP contribution in [0.5, 0.6) is 0 Å². The van der Waals surface area contributed by atoms with E-state index in [-0.39, 0.29) is 41.2 Å². The number of hydrogen-bond donors (Lipinski definition) is 5. The molecule has 13 heteroatoms. The number of hydrogen-bond acceptors (Lipinski definition) is 8. The summed E-state index contributed by atoms with van der Waals surface area (Å²) in [5, 5.41) is 12.1. The van der Waals surface area contributed by atoms with Gasteiger partial charge in [0.2, 0.25) is 17.6 Å². The fourth-order valence-electron chi connectivity index (χ4n) is 3.64. The van der Waals surface area contributed by atoms with Crippen LogP contribution >= 0.6 is 23.1 Å². The van der Waals surface area contributed by atoms with Crippen molar-refractivity contribution in [2.75, 3.05) is 25.4 Å². The molecule has 33 heavy (non-hydrogen) atoms. The smallest absolute Gasteiger partial charge is 0.240 e. The number of rotatable bonds is 13. The Morgan fingerprint density at radius 1 is 1.36 bits per heavy atom. The lowest BCUT2D eigenvalue weighted by molar-refractivity contribution is -0.142. The van der Waals surface area contributed by atoms with Gasteiger partial charge in [-0.25, -0.2) is 4.98 Å². The third kappa shape index (κ3) is 9.38. The fourth-order valence-corrected chi connectivity index (χ4v) is 4.80. The van der Waals surface area contributed by atoms with Crippen LogP contribution < -0.4 is 22.5 Å². The van der Waals surface area contributed by atoms with Gasteiger partial charge in [0.15, 0.2) is 16.1 Å². The normalized spacial score (nSPS) is 16.8. The third-order valence-electron chi connectivity index (χ3n) is 5.17. The molecule has 0 aromatic carbocycles. The highest BCUT2D eigenvalue weighted by atomic mass is 32.2. The van der Waals surface area contributed by atoms with Gasteiger partial charge in [0.1, 0.15) is 0 Å². The van der Waals surface area contributed by atoms with Gasteiger partial charge in [-0.15, -0.1) is 11.3 Å². The molecule has 0 bridgehead atoms. The summed E-state index contributed by atoms with van der Waals surface area (Å²) in [5.74, 6) is -0.159. The maximum atomic E-state index is 12.8. The maximum Gasteiger partial charge on any atom is 0.240 e. The molecule has 1 saturated heterocycles. The minimum Gasteiger partial charge on any atom is -0.379 e. The van der Waals surface area contributed by atoms with E-state index >= 15 is 0 Å². The van der Waals surface area contributed by atoms with E-state index in [9.17, 15) is 14.4 Å². The molecule has 2 rings (SSSR count). The van der Waals surface area contributed by atoms with E-state index in [2.05, 4.69) is 15.3 Å². The number of nitrogens with zero attached hydrogens (tertiary/aromatic N) is 3. The number of likely N-dealkylation sites (tertiary alicyclic amines) is 1. The van der Waals surface area contributed by atoms with Crippen LogP contribution in [0.4, 0.5) is 0 Å². The van der Waals surface area contributed by atoms with Crippen molar-refractivity contribution in [2.24, 2.45) is 28.1 Å². The van der Waals surface area contributed by atoms with Gasteiger partial charge in [0.05, 0.1) is 12.6 Å². The summed E-state index contributed by atoms with van der Waals surface area (Å²) in [5.41, 5.74) is 16.0. The Balaban J connectivity index is 1.91. The molecule has 1 aromatic rings. The largest absolute Gasteiger partial charge is 0.379 e. The Bertz CT molecular complexity index is 842. The van der Waals surface area contributed by atoms with E-state index in [0.717, 1.165) is 19.3 Å². The second-order valence-corrected chi connectivity index (χ2v) is 9.76. The highest BCUT2D eigenvalue weighted by molar-refractivity contribution is 8.13. The number of nitrogens with one attached hydrogen (secondary N) is 2. The van der Waals surface area contributed by atoms with Crippen molar-refractivity contribution in [3.8, 4) is 0 Å². The summed E-state index contributed by atoms with van der Waals surface area (Å²) in [6.07, 6.45) is 5.49. The molecule has 1 aliphatic rings. The van der Waals surface area contributed by atoms with Crippen molar-refractivity contribution in [1.82, 2.24) is 15.2 Å². The first-order valence-corrected chi connectivity index (χ1v) is 12.7. The summed E-state index contributed by atoms with van der Waals surface area (Å²) in [7, 11) is 0. The molecule has 0 aliphatic carbocycles. The number of piperidine rings is 1. The number of carbonyl (C=O) groups excluding carboxylic acids is 3. The summed E-state index contributed by atoms with van der Waals surface area (Å²) < 4.78 is 0. The third-order valence-corrected chi connectivity index (χ3v) is 6.76. The van der Waals surface area contributed by atoms with Crippen LogP contribution in [0.1, 0.15) is 48.3 Å². The van der Waals surface area contributed by atoms with Crippen molar-refractivity contribution in [3.63, 3.8) is 0 Å². The van der Waals surface area contributed by atoms with Crippen LogP contribution in [0.15, 0.2) is 16.6 Å². The number of aromatic nitrogens is 1. The molecule has 2 amide bonds. The SMILES string of the molecule is N=C(N)SCCCC1CCCN(CC(=O)N[C@@H](CCCN=C(N)N)C(=O)c2nccs2)C1=O. The zero-order valence-electron chi connectivity index (χ0n) is 18.5. The van der Waals surface area contributed by atoms with E-state index in [1.165, 1.54) is 29.3 Å². The summed E-state index contributed by atoms with van der Waals surface area (Å²) in [4.78, 5) is 47.9.